The molecule has 2 fully saturated rings. The van der Waals surface area contributed by atoms with E-state index < -0.39 is 9.84 Å². The van der Waals surface area contributed by atoms with Gasteiger partial charge in [0.1, 0.15) is 0 Å². The molecule has 0 spiro atoms. The quantitative estimate of drug-likeness (QED) is 0.390. The first-order chi connectivity index (χ1) is 17.3. The smallest absolute Gasteiger partial charge is 0.175 e. The number of nitrogens with zero attached hydrogens (tertiary/aromatic N) is 4. The standard InChI is InChI=1S/C29H32N4O2S/c1-20-26-18-28(22-6-12-25(13-7-22)36(3,34)35)31(2)29(26)19-27(30-20)21-4-8-23(9-5-21)32-14-16-33(17-15-32)24-10-11-24/h4-9,12-13,18-19,24H,10-11,14-17H2,1-3H3. The third-order valence-electron chi connectivity index (χ3n) is 7.72. The Labute approximate surface area is 213 Å². The number of aromatic nitrogens is 2. The van der Waals surface area contributed by atoms with Crippen LogP contribution in [0.5, 0.6) is 0 Å². The molecule has 6 nitrogen and oxygen atoms in total. The van der Waals surface area contributed by atoms with Gasteiger partial charge in [-0.2, -0.15) is 0 Å². The SMILES string of the molecule is Cc1nc(-c2ccc(N3CCN(C4CC4)CC3)cc2)cc2c1cc(-c1ccc(S(C)(=O)=O)cc1)n2C. The summed E-state index contributed by atoms with van der Waals surface area (Å²) < 4.78 is 25.8. The van der Waals surface area contributed by atoms with Crippen molar-refractivity contribution < 1.29 is 8.42 Å². The molecule has 3 heterocycles. The van der Waals surface area contributed by atoms with Crippen LogP contribution in [0.1, 0.15) is 18.5 Å². The first-order valence-corrected chi connectivity index (χ1v) is 14.5. The third-order valence-corrected chi connectivity index (χ3v) is 8.84. The number of rotatable bonds is 5. The summed E-state index contributed by atoms with van der Waals surface area (Å²) in [6.07, 6.45) is 3.99. The van der Waals surface area contributed by atoms with Crippen molar-refractivity contribution in [3.63, 3.8) is 0 Å². The highest BCUT2D eigenvalue weighted by atomic mass is 32.2. The molecule has 7 heteroatoms. The molecule has 0 atom stereocenters. The van der Waals surface area contributed by atoms with Gasteiger partial charge in [-0.1, -0.05) is 24.3 Å². The minimum Gasteiger partial charge on any atom is -0.369 e. The van der Waals surface area contributed by atoms with Crippen LogP contribution in [0, 0.1) is 6.92 Å². The van der Waals surface area contributed by atoms with Gasteiger partial charge in [0.05, 0.1) is 16.1 Å². The molecule has 2 aromatic heterocycles. The Morgan fingerprint density at radius 1 is 0.861 bits per heavy atom. The first-order valence-electron chi connectivity index (χ1n) is 12.6. The molecule has 36 heavy (non-hydrogen) atoms. The largest absolute Gasteiger partial charge is 0.369 e. The molecule has 1 saturated heterocycles. The molecule has 0 radical (unpaired) electrons. The van der Waals surface area contributed by atoms with Crippen molar-refractivity contribution in [3.8, 4) is 22.5 Å². The molecule has 186 valence electrons. The number of piperazine rings is 1. The van der Waals surface area contributed by atoms with Crippen LogP contribution < -0.4 is 4.90 Å². The summed E-state index contributed by atoms with van der Waals surface area (Å²) in [5.41, 5.74) is 7.47. The number of aryl methyl sites for hydroxylation is 2. The minimum atomic E-state index is -3.22. The van der Waals surface area contributed by atoms with Gasteiger partial charge < -0.3 is 9.47 Å². The summed E-state index contributed by atoms with van der Waals surface area (Å²) >= 11 is 0. The molecule has 2 aliphatic rings. The maximum atomic E-state index is 11.8. The molecular formula is C29H32N4O2S. The summed E-state index contributed by atoms with van der Waals surface area (Å²) in [6.45, 7) is 6.57. The highest BCUT2D eigenvalue weighted by molar-refractivity contribution is 7.90. The van der Waals surface area contributed by atoms with Crippen molar-refractivity contribution in [2.24, 2.45) is 7.05 Å². The van der Waals surface area contributed by atoms with Gasteiger partial charge in [0, 0.05) is 73.5 Å². The van der Waals surface area contributed by atoms with E-state index in [1.807, 2.05) is 12.1 Å². The summed E-state index contributed by atoms with van der Waals surface area (Å²) in [7, 11) is -1.16. The fourth-order valence-corrected chi connectivity index (χ4v) is 6.04. The molecule has 1 saturated carbocycles. The molecule has 2 aromatic carbocycles. The van der Waals surface area contributed by atoms with Crippen molar-refractivity contribution in [3.05, 3.63) is 66.4 Å². The lowest BCUT2D eigenvalue weighted by atomic mass is 10.1. The van der Waals surface area contributed by atoms with Crippen LogP contribution in [0.3, 0.4) is 0 Å². The van der Waals surface area contributed by atoms with E-state index in [0.717, 1.165) is 71.3 Å². The van der Waals surface area contributed by atoms with E-state index in [-0.39, 0.29) is 0 Å². The lowest BCUT2D eigenvalue weighted by Gasteiger charge is -2.36. The van der Waals surface area contributed by atoms with E-state index >= 15 is 0 Å². The number of pyridine rings is 1. The zero-order valence-electron chi connectivity index (χ0n) is 21.1. The summed E-state index contributed by atoms with van der Waals surface area (Å²) in [5, 5.41) is 1.11. The average molecular weight is 501 g/mol. The van der Waals surface area contributed by atoms with Gasteiger partial charge in [-0.3, -0.25) is 9.88 Å². The van der Waals surface area contributed by atoms with E-state index in [4.69, 9.17) is 4.98 Å². The van der Waals surface area contributed by atoms with Crippen molar-refractivity contribution in [1.29, 1.82) is 0 Å². The van der Waals surface area contributed by atoms with Crippen LogP contribution in [0.25, 0.3) is 33.4 Å². The minimum absolute atomic E-state index is 0.332. The normalized spacial score (nSPS) is 17.1. The summed E-state index contributed by atoms with van der Waals surface area (Å²) in [6, 6.07) is 21.1. The van der Waals surface area contributed by atoms with Crippen LogP contribution >= 0.6 is 0 Å². The van der Waals surface area contributed by atoms with E-state index in [9.17, 15) is 8.42 Å². The molecule has 0 N–H and O–H groups in total. The lowest BCUT2D eigenvalue weighted by molar-refractivity contribution is 0.248. The van der Waals surface area contributed by atoms with Crippen LogP contribution in [0.15, 0.2) is 65.6 Å². The molecule has 0 unspecified atom stereocenters. The van der Waals surface area contributed by atoms with Gasteiger partial charge in [-0.05, 0) is 61.7 Å². The fraction of sp³-hybridized carbons (Fsp3) is 0.345. The molecule has 0 bridgehead atoms. The van der Waals surface area contributed by atoms with Gasteiger partial charge >= 0.3 is 0 Å². The number of fused-ring (bicyclic) bond motifs is 1. The van der Waals surface area contributed by atoms with Gasteiger partial charge in [0.15, 0.2) is 9.84 Å². The monoisotopic (exact) mass is 500 g/mol. The molecule has 0 amide bonds. The predicted molar refractivity (Wildman–Crippen MR) is 146 cm³/mol. The van der Waals surface area contributed by atoms with Gasteiger partial charge in [0.25, 0.3) is 0 Å². The van der Waals surface area contributed by atoms with E-state index in [2.05, 4.69) is 64.7 Å². The second-order valence-electron chi connectivity index (χ2n) is 10.2. The number of anilines is 1. The van der Waals surface area contributed by atoms with Crippen LogP contribution in [-0.4, -0.2) is 61.3 Å². The van der Waals surface area contributed by atoms with Gasteiger partial charge in [0.2, 0.25) is 0 Å². The molecule has 1 aliphatic carbocycles. The number of hydrogen-bond donors (Lipinski definition) is 0. The average Bonchev–Trinajstić information content (AvgIpc) is 3.68. The number of hydrogen-bond acceptors (Lipinski definition) is 5. The second-order valence-corrected chi connectivity index (χ2v) is 12.2. The summed E-state index contributed by atoms with van der Waals surface area (Å²) in [5.74, 6) is 0. The van der Waals surface area contributed by atoms with Crippen molar-refractivity contribution in [2.75, 3.05) is 37.3 Å². The lowest BCUT2D eigenvalue weighted by Crippen LogP contribution is -2.47. The highest BCUT2D eigenvalue weighted by Crippen LogP contribution is 2.33. The Bertz CT molecular complexity index is 1530. The molecule has 1 aliphatic heterocycles. The number of sulfone groups is 1. The summed E-state index contributed by atoms with van der Waals surface area (Å²) in [4.78, 5) is 10.4. The Balaban J connectivity index is 1.27. The predicted octanol–water partition coefficient (Wildman–Crippen LogP) is 4.90. The van der Waals surface area contributed by atoms with Crippen LogP contribution in [0.4, 0.5) is 5.69 Å². The third kappa shape index (κ3) is 4.31. The van der Waals surface area contributed by atoms with Crippen LogP contribution in [-0.2, 0) is 16.9 Å². The van der Waals surface area contributed by atoms with Crippen LogP contribution in [0.2, 0.25) is 0 Å². The molecule has 4 aromatic rings. The first kappa shape index (κ1) is 23.3. The van der Waals surface area contributed by atoms with Gasteiger partial charge in [-0.15, -0.1) is 0 Å². The van der Waals surface area contributed by atoms with E-state index in [1.165, 1.54) is 24.8 Å². The topological polar surface area (TPSA) is 58.4 Å². The zero-order valence-corrected chi connectivity index (χ0v) is 21.9. The fourth-order valence-electron chi connectivity index (χ4n) is 5.41. The van der Waals surface area contributed by atoms with E-state index in [1.54, 1.807) is 12.1 Å². The van der Waals surface area contributed by atoms with Gasteiger partial charge in [-0.25, -0.2) is 8.42 Å². The Hall–Kier alpha value is -3.16. The van der Waals surface area contributed by atoms with Crippen molar-refractivity contribution in [2.45, 2.75) is 30.7 Å². The Morgan fingerprint density at radius 2 is 1.50 bits per heavy atom. The second kappa shape index (κ2) is 8.75. The maximum absolute atomic E-state index is 11.8. The Kier molecular flexibility index (Phi) is 5.65. The molecule has 6 rings (SSSR count). The highest BCUT2D eigenvalue weighted by Gasteiger charge is 2.31. The Morgan fingerprint density at radius 3 is 2.11 bits per heavy atom. The zero-order chi connectivity index (χ0) is 25.0. The number of benzene rings is 2. The molecular weight excluding hydrogens is 468 g/mol. The van der Waals surface area contributed by atoms with Crippen molar-refractivity contribution in [1.82, 2.24) is 14.5 Å². The van der Waals surface area contributed by atoms with E-state index in [0.29, 0.717) is 4.90 Å². The van der Waals surface area contributed by atoms with Crippen molar-refractivity contribution >= 4 is 26.4 Å². The maximum Gasteiger partial charge on any atom is 0.175 e.